The van der Waals surface area contributed by atoms with Crippen LogP contribution in [0.15, 0.2) is 66.7 Å². The standard InChI is InChI=1S/C30H35N3O2/c34-29(31-20-23-13-15-24(16-14-23)21-32-17-4-1-5-18-32)26-10-7-19-33(22-26)30(35)28-12-6-9-25-8-2-3-11-27(25)28/h2-3,6,8-9,11-16,26H,1,4-5,7,10,17-22H2,(H,31,34)/t26-/m0/s1. The number of nitrogens with one attached hydrogen (secondary N) is 1. The number of likely N-dealkylation sites (tertiary alicyclic amines) is 2. The summed E-state index contributed by atoms with van der Waals surface area (Å²) in [6.07, 6.45) is 5.62. The SMILES string of the molecule is O=C(NCc1ccc(CN2CCCCC2)cc1)[C@H]1CCCN(C(=O)c2cccc3ccccc23)C1. The predicted molar refractivity (Wildman–Crippen MR) is 140 cm³/mol. The van der Waals surface area contributed by atoms with Crippen LogP contribution in [0.3, 0.4) is 0 Å². The molecule has 0 aliphatic carbocycles. The largest absolute Gasteiger partial charge is 0.352 e. The molecule has 2 amide bonds. The van der Waals surface area contributed by atoms with Gasteiger partial charge in [-0.05, 0) is 66.7 Å². The molecule has 1 atom stereocenters. The van der Waals surface area contributed by atoms with Crippen LogP contribution in [0, 0.1) is 5.92 Å². The van der Waals surface area contributed by atoms with Crippen molar-refractivity contribution in [3.05, 3.63) is 83.4 Å². The van der Waals surface area contributed by atoms with E-state index < -0.39 is 0 Å². The molecule has 2 saturated heterocycles. The summed E-state index contributed by atoms with van der Waals surface area (Å²) >= 11 is 0. The Morgan fingerprint density at radius 2 is 1.54 bits per heavy atom. The summed E-state index contributed by atoms with van der Waals surface area (Å²) in [6.45, 7) is 5.09. The third kappa shape index (κ3) is 5.73. The van der Waals surface area contributed by atoms with E-state index in [1.54, 1.807) is 0 Å². The topological polar surface area (TPSA) is 52.7 Å². The first-order valence-electron chi connectivity index (χ1n) is 13.0. The van der Waals surface area contributed by atoms with E-state index in [0.29, 0.717) is 25.2 Å². The van der Waals surface area contributed by atoms with Gasteiger partial charge < -0.3 is 10.2 Å². The van der Waals surface area contributed by atoms with Gasteiger partial charge in [0.2, 0.25) is 5.91 Å². The molecule has 0 bridgehead atoms. The summed E-state index contributed by atoms with van der Waals surface area (Å²) in [4.78, 5) is 30.7. The first-order chi connectivity index (χ1) is 17.2. The highest BCUT2D eigenvalue weighted by Crippen LogP contribution is 2.24. The lowest BCUT2D eigenvalue weighted by Crippen LogP contribution is -2.45. The Labute approximate surface area is 208 Å². The highest BCUT2D eigenvalue weighted by molar-refractivity contribution is 6.07. The molecule has 0 spiro atoms. The van der Waals surface area contributed by atoms with Gasteiger partial charge in [0.05, 0.1) is 5.92 Å². The van der Waals surface area contributed by atoms with Gasteiger partial charge in [-0.25, -0.2) is 0 Å². The number of rotatable bonds is 6. The van der Waals surface area contributed by atoms with Gasteiger partial charge in [0.15, 0.2) is 0 Å². The van der Waals surface area contributed by atoms with Crippen molar-refractivity contribution in [3.63, 3.8) is 0 Å². The normalized spacial score (nSPS) is 19.0. The molecule has 1 N–H and O–H groups in total. The molecule has 5 heteroatoms. The second kappa shape index (κ2) is 11.0. The number of amides is 2. The molecule has 2 heterocycles. The van der Waals surface area contributed by atoms with Crippen molar-refractivity contribution in [2.75, 3.05) is 26.2 Å². The molecule has 5 nitrogen and oxygen atoms in total. The highest BCUT2D eigenvalue weighted by atomic mass is 16.2. The Bertz CT molecular complexity index is 1160. The quantitative estimate of drug-likeness (QED) is 0.553. The number of carbonyl (C=O) groups is 2. The number of carbonyl (C=O) groups excluding carboxylic acids is 2. The van der Waals surface area contributed by atoms with Crippen molar-refractivity contribution in [1.29, 1.82) is 0 Å². The van der Waals surface area contributed by atoms with Crippen LogP contribution in [-0.4, -0.2) is 47.8 Å². The van der Waals surface area contributed by atoms with Crippen LogP contribution in [0.5, 0.6) is 0 Å². The van der Waals surface area contributed by atoms with Gasteiger partial charge in [-0.3, -0.25) is 14.5 Å². The Morgan fingerprint density at radius 3 is 2.37 bits per heavy atom. The molecule has 0 saturated carbocycles. The molecule has 0 radical (unpaired) electrons. The minimum atomic E-state index is -0.166. The van der Waals surface area contributed by atoms with Gasteiger partial charge in [0.1, 0.15) is 0 Å². The van der Waals surface area contributed by atoms with Gasteiger partial charge in [-0.15, -0.1) is 0 Å². The molecular formula is C30H35N3O2. The number of fused-ring (bicyclic) bond motifs is 1. The van der Waals surface area contributed by atoms with E-state index >= 15 is 0 Å². The molecule has 2 fully saturated rings. The highest BCUT2D eigenvalue weighted by Gasteiger charge is 2.29. The van der Waals surface area contributed by atoms with Gasteiger partial charge >= 0.3 is 0 Å². The molecule has 35 heavy (non-hydrogen) atoms. The Balaban J connectivity index is 1.15. The molecule has 182 valence electrons. The van der Waals surface area contributed by atoms with Gasteiger partial charge in [0, 0.05) is 31.7 Å². The van der Waals surface area contributed by atoms with Crippen LogP contribution in [0.4, 0.5) is 0 Å². The predicted octanol–water partition coefficient (Wildman–Crippen LogP) is 4.99. The zero-order valence-electron chi connectivity index (χ0n) is 20.4. The summed E-state index contributed by atoms with van der Waals surface area (Å²) in [5.41, 5.74) is 3.16. The maximum absolute atomic E-state index is 13.3. The number of hydrogen-bond acceptors (Lipinski definition) is 3. The monoisotopic (exact) mass is 469 g/mol. The molecule has 0 unspecified atom stereocenters. The molecule has 2 aliphatic heterocycles. The second-order valence-corrected chi connectivity index (χ2v) is 9.99. The number of piperidine rings is 2. The zero-order valence-corrected chi connectivity index (χ0v) is 20.4. The first kappa shape index (κ1) is 23.6. The number of hydrogen-bond donors (Lipinski definition) is 1. The van der Waals surface area contributed by atoms with Crippen LogP contribution < -0.4 is 5.32 Å². The smallest absolute Gasteiger partial charge is 0.254 e. The molecule has 3 aromatic carbocycles. The van der Waals surface area contributed by atoms with Crippen molar-refractivity contribution in [2.24, 2.45) is 5.92 Å². The van der Waals surface area contributed by atoms with Gasteiger partial charge in [-0.1, -0.05) is 67.1 Å². The lowest BCUT2D eigenvalue weighted by atomic mass is 9.95. The molecule has 5 rings (SSSR count). The number of benzene rings is 3. The second-order valence-electron chi connectivity index (χ2n) is 9.99. The van der Waals surface area contributed by atoms with Crippen molar-refractivity contribution in [3.8, 4) is 0 Å². The van der Waals surface area contributed by atoms with E-state index in [-0.39, 0.29) is 17.7 Å². The van der Waals surface area contributed by atoms with E-state index in [9.17, 15) is 9.59 Å². The lowest BCUT2D eigenvalue weighted by Gasteiger charge is -2.32. The van der Waals surface area contributed by atoms with Crippen LogP contribution in [0.2, 0.25) is 0 Å². The van der Waals surface area contributed by atoms with E-state index in [1.807, 2.05) is 47.4 Å². The van der Waals surface area contributed by atoms with Gasteiger partial charge in [0.25, 0.3) is 5.91 Å². The average molecular weight is 470 g/mol. The Kier molecular flexibility index (Phi) is 7.43. The Hall–Kier alpha value is -3.18. The maximum Gasteiger partial charge on any atom is 0.254 e. The fraction of sp³-hybridized carbons (Fsp3) is 0.400. The lowest BCUT2D eigenvalue weighted by molar-refractivity contribution is -0.126. The number of nitrogens with zero attached hydrogens (tertiary/aromatic N) is 2. The van der Waals surface area contributed by atoms with Crippen molar-refractivity contribution >= 4 is 22.6 Å². The Morgan fingerprint density at radius 1 is 0.800 bits per heavy atom. The fourth-order valence-electron chi connectivity index (χ4n) is 5.43. The summed E-state index contributed by atoms with van der Waals surface area (Å²) < 4.78 is 0. The minimum Gasteiger partial charge on any atom is -0.352 e. The van der Waals surface area contributed by atoms with Crippen LogP contribution in [-0.2, 0) is 17.9 Å². The van der Waals surface area contributed by atoms with Crippen LogP contribution in [0.25, 0.3) is 10.8 Å². The molecule has 0 aromatic heterocycles. The summed E-state index contributed by atoms with van der Waals surface area (Å²) in [5, 5.41) is 5.14. The maximum atomic E-state index is 13.3. The summed E-state index contributed by atoms with van der Waals surface area (Å²) in [5.74, 6) is -0.109. The summed E-state index contributed by atoms with van der Waals surface area (Å²) in [7, 11) is 0. The van der Waals surface area contributed by atoms with E-state index in [4.69, 9.17) is 0 Å². The third-order valence-electron chi connectivity index (χ3n) is 7.44. The third-order valence-corrected chi connectivity index (χ3v) is 7.44. The fourth-order valence-corrected chi connectivity index (χ4v) is 5.43. The van der Waals surface area contributed by atoms with Crippen LogP contribution in [0.1, 0.15) is 53.6 Å². The van der Waals surface area contributed by atoms with E-state index in [1.165, 1.54) is 37.9 Å². The van der Waals surface area contributed by atoms with Crippen LogP contribution >= 0.6 is 0 Å². The van der Waals surface area contributed by atoms with Crippen molar-refractivity contribution in [1.82, 2.24) is 15.1 Å². The van der Waals surface area contributed by atoms with Gasteiger partial charge in [-0.2, -0.15) is 0 Å². The molecule has 2 aliphatic rings. The van der Waals surface area contributed by atoms with E-state index in [0.717, 1.165) is 35.7 Å². The zero-order chi connectivity index (χ0) is 24.0. The average Bonchev–Trinajstić information content (AvgIpc) is 2.92. The summed E-state index contributed by atoms with van der Waals surface area (Å²) in [6, 6.07) is 22.4. The molecular weight excluding hydrogens is 434 g/mol. The van der Waals surface area contributed by atoms with Crippen molar-refractivity contribution < 1.29 is 9.59 Å². The first-order valence-corrected chi connectivity index (χ1v) is 13.0. The van der Waals surface area contributed by atoms with E-state index in [2.05, 4.69) is 34.5 Å². The minimum absolute atomic E-state index is 0.0172. The molecule has 3 aromatic rings. The van der Waals surface area contributed by atoms with Crippen molar-refractivity contribution in [2.45, 2.75) is 45.2 Å².